The second-order valence-corrected chi connectivity index (χ2v) is 3.14. The lowest BCUT2D eigenvalue weighted by atomic mass is 10.1. The second-order valence-electron chi connectivity index (χ2n) is 3.14. The largest absolute Gasteiger partial charge is 0.479 e. The summed E-state index contributed by atoms with van der Waals surface area (Å²) >= 11 is 0. The van der Waals surface area contributed by atoms with Gasteiger partial charge >= 0.3 is 12.0 Å². The lowest BCUT2D eigenvalue weighted by molar-refractivity contribution is -0.144. The van der Waals surface area contributed by atoms with Crippen molar-refractivity contribution in [3.05, 3.63) is 0 Å². The summed E-state index contributed by atoms with van der Waals surface area (Å²) in [5, 5.41) is 10.9. The van der Waals surface area contributed by atoms with Crippen molar-refractivity contribution in [3.8, 4) is 0 Å². The van der Waals surface area contributed by atoms with Crippen LogP contribution < -0.4 is 10.8 Å². The van der Waals surface area contributed by atoms with Crippen molar-refractivity contribution in [2.75, 3.05) is 19.8 Å². The van der Waals surface area contributed by atoms with Crippen molar-refractivity contribution >= 4 is 12.0 Å². The number of rotatable bonds is 4. The van der Waals surface area contributed by atoms with E-state index in [-0.39, 0.29) is 6.04 Å². The molecule has 0 aromatic heterocycles. The van der Waals surface area contributed by atoms with Crippen LogP contribution in [0.4, 0.5) is 4.79 Å². The van der Waals surface area contributed by atoms with Gasteiger partial charge in [0, 0.05) is 19.3 Å². The minimum absolute atomic E-state index is 0.0622. The van der Waals surface area contributed by atoms with Gasteiger partial charge in [-0.1, -0.05) is 0 Å². The molecule has 0 aromatic carbocycles. The van der Waals surface area contributed by atoms with Gasteiger partial charge in [0.15, 0.2) is 6.61 Å². The Hall–Kier alpha value is -1.34. The highest BCUT2D eigenvalue weighted by molar-refractivity contribution is 5.73. The molecular formula is C8H14N2O5. The Balaban J connectivity index is 2.09. The zero-order chi connectivity index (χ0) is 11.1. The lowest BCUT2D eigenvalue weighted by Gasteiger charge is -2.22. The number of aliphatic carboxylic acids is 1. The van der Waals surface area contributed by atoms with Crippen molar-refractivity contribution in [1.82, 2.24) is 10.8 Å². The monoisotopic (exact) mass is 218 g/mol. The van der Waals surface area contributed by atoms with E-state index in [0.717, 1.165) is 12.8 Å². The first-order chi connectivity index (χ1) is 7.18. The third kappa shape index (κ3) is 5.18. The van der Waals surface area contributed by atoms with Gasteiger partial charge in [-0.05, 0) is 12.8 Å². The molecule has 15 heavy (non-hydrogen) atoms. The van der Waals surface area contributed by atoms with Gasteiger partial charge in [-0.3, -0.25) is 4.84 Å². The highest BCUT2D eigenvalue weighted by Gasteiger charge is 2.15. The van der Waals surface area contributed by atoms with Crippen molar-refractivity contribution in [2.45, 2.75) is 18.9 Å². The summed E-state index contributed by atoms with van der Waals surface area (Å²) in [5.74, 6) is -1.14. The van der Waals surface area contributed by atoms with Gasteiger partial charge in [0.05, 0.1) is 0 Å². The number of carboxylic acid groups (broad SMARTS) is 1. The predicted octanol–water partition coefficient (Wildman–Crippen LogP) is -0.519. The van der Waals surface area contributed by atoms with Crippen LogP contribution in [0.3, 0.4) is 0 Å². The molecule has 0 aromatic rings. The van der Waals surface area contributed by atoms with Gasteiger partial charge in [0.25, 0.3) is 0 Å². The van der Waals surface area contributed by atoms with Crippen LogP contribution >= 0.6 is 0 Å². The molecule has 1 saturated heterocycles. The van der Waals surface area contributed by atoms with E-state index >= 15 is 0 Å². The van der Waals surface area contributed by atoms with Crippen molar-refractivity contribution in [3.63, 3.8) is 0 Å². The normalized spacial score (nSPS) is 17.1. The Morgan fingerprint density at radius 3 is 2.67 bits per heavy atom. The van der Waals surface area contributed by atoms with Gasteiger partial charge in [-0.25, -0.2) is 15.1 Å². The summed E-state index contributed by atoms with van der Waals surface area (Å²) in [7, 11) is 0. The van der Waals surface area contributed by atoms with Crippen molar-refractivity contribution in [1.29, 1.82) is 0 Å². The topological polar surface area (TPSA) is 96.9 Å². The van der Waals surface area contributed by atoms with Crippen LogP contribution in [0, 0.1) is 0 Å². The summed E-state index contributed by atoms with van der Waals surface area (Å²) in [4.78, 5) is 25.6. The molecule has 3 N–H and O–H groups in total. The number of carbonyl (C=O) groups excluding carboxylic acids is 1. The van der Waals surface area contributed by atoms with Gasteiger partial charge in [-0.15, -0.1) is 0 Å². The van der Waals surface area contributed by atoms with E-state index in [1.807, 2.05) is 5.48 Å². The van der Waals surface area contributed by atoms with Gasteiger partial charge in [0.2, 0.25) is 0 Å². The van der Waals surface area contributed by atoms with Gasteiger partial charge in [0.1, 0.15) is 0 Å². The first-order valence-electron chi connectivity index (χ1n) is 4.66. The van der Waals surface area contributed by atoms with Gasteiger partial charge < -0.3 is 15.2 Å². The zero-order valence-corrected chi connectivity index (χ0v) is 8.19. The third-order valence-electron chi connectivity index (χ3n) is 1.92. The van der Waals surface area contributed by atoms with Crippen LogP contribution in [0.5, 0.6) is 0 Å². The van der Waals surface area contributed by atoms with Crippen LogP contribution in [0.1, 0.15) is 12.8 Å². The number of hydroxylamine groups is 1. The molecule has 7 heteroatoms. The fourth-order valence-corrected chi connectivity index (χ4v) is 1.22. The zero-order valence-electron chi connectivity index (χ0n) is 8.19. The molecule has 0 bridgehead atoms. The molecule has 86 valence electrons. The molecular weight excluding hydrogens is 204 g/mol. The highest BCUT2D eigenvalue weighted by Crippen LogP contribution is 2.05. The van der Waals surface area contributed by atoms with E-state index in [1.165, 1.54) is 0 Å². The molecule has 7 nitrogen and oxygen atoms in total. The first-order valence-corrected chi connectivity index (χ1v) is 4.66. The molecule has 1 aliphatic rings. The van der Waals surface area contributed by atoms with E-state index < -0.39 is 18.6 Å². The fourth-order valence-electron chi connectivity index (χ4n) is 1.22. The summed E-state index contributed by atoms with van der Waals surface area (Å²) in [6.07, 6.45) is 1.51. The smallest absolute Gasteiger partial charge is 0.338 e. The molecule has 1 rings (SSSR count). The maximum absolute atomic E-state index is 11.1. The molecule has 1 heterocycles. The molecule has 1 fully saturated rings. The third-order valence-corrected chi connectivity index (χ3v) is 1.92. The SMILES string of the molecule is O=C(O)CONC(=O)NC1CCOCC1. The Kier molecular flexibility index (Phi) is 4.85. The molecule has 0 atom stereocenters. The van der Waals surface area contributed by atoms with E-state index in [0.29, 0.717) is 13.2 Å². The maximum atomic E-state index is 11.1. The average Bonchev–Trinajstić information content (AvgIpc) is 2.18. The Morgan fingerprint density at radius 1 is 1.40 bits per heavy atom. The van der Waals surface area contributed by atoms with E-state index in [1.54, 1.807) is 0 Å². The number of hydrogen-bond acceptors (Lipinski definition) is 4. The lowest BCUT2D eigenvalue weighted by Crippen LogP contribution is -2.44. The van der Waals surface area contributed by atoms with E-state index in [2.05, 4.69) is 10.2 Å². The van der Waals surface area contributed by atoms with Gasteiger partial charge in [-0.2, -0.15) is 0 Å². The van der Waals surface area contributed by atoms with Crippen LogP contribution in [0.25, 0.3) is 0 Å². The summed E-state index contributed by atoms with van der Waals surface area (Å²) in [5.41, 5.74) is 1.99. The molecule has 2 amide bonds. The minimum atomic E-state index is -1.14. The summed E-state index contributed by atoms with van der Waals surface area (Å²) in [6, 6.07) is -0.463. The van der Waals surface area contributed by atoms with Crippen LogP contribution in [-0.2, 0) is 14.4 Å². The number of carboxylic acids is 1. The highest BCUT2D eigenvalue weighted by atomic mass is 16.7. The first kappa shape index (κ1) is 11.7. The van der Waals surface area contributed by atoms with Crippen LogP contribution in [0.2, 0.25) is 0 Å². The van der Waals surface area contributed by atoms with Crippen molar-refractivity contribution in [2.24, 2.45) is 0 Å². The molecule has 0 aliphatic carbocycles. The quantitative estimate of drug-likeness (QED) is 0.552. The molecule has 0 unspecified atom stereocenters. The number of urea groups is 1. The number of ether oxygens (including phenoxy) is 1. The van der Waals surface area contributed by atoms with Crippen molar-refractivity contribution < 1.29 is 24.3 Å². The second kappa shape index (κ2) is 6.20. The van der Waals surface area contributed by atoms with E-state index in [9.17, 15) is 9.59 Å². The average molecular weight is 218 g/mol. The number of carbonyl (C=O) groups is 2. The minimum Gasteiger partial charge on any atom is -0.479 e. The maximum Gasteiger partial charge on any atom is 0.338 e. The Bertz CT molecular complexity index is 227. The standard InChI is InChI=1S/C8H14N2O5/c11-7(12)5-15-10-8(13)9-6-1-3-14-4-2-6/h6H,1-5H2,(H,11,12)(H2,9,10,13). The number of hydrogen-bond donors (Lipinski definition) is 3. The summed E-state index contributed by atoms with van der Waals surface area (Å²) < 4.78 is 5.11. The van der Waals surface area contributed by atoms with Crippen LogP contribution in [-0.4, -0.2) is 43.0 Å². The van der Waals surface area contributed by atoms with E-state index in [4.69, 9.17) is 9.84 Å². The number of nitrogens with one attached hydrogen (secondary N) is 2. The summed E-state index contributed by atoms with van der Waals surface area (Å²) in [6.45, 7) is 0.697. The predicted molar refractivity (Wildman–Crippen MR) is 49.1 cm³/mol. The Labute approximate surface area is 86.7 Å². The molecule has 1 aliphatic heterocycles. The van der Waals surface area contributed by atoms with Crippen LogP contribution in [0.15, 0.2) is 0 Å². The molecule has 0 radical (unpaired) electrons. The molecule has 0 saturated carbocycles. The fraction of sp³-hybridized carbons (Fsp3) is 0.750. The molecule has 0 spiro atoms. The number of amides is 2. The Morgan fingerprint density at radius 2 is 2.07 bits per heavy atom.